The Morgan fingerprint density at radius 2 is 2.12 bits per heavy atom. The molecule has 0 saturated heterocycles. The van der Waals surface area contributed by atoms with Gasteiger partial charge in [0.25, 0.3) is 0 Å². The lowest BCUT2D eigenvalue weighted by Gasteiger charge is -2.14. The molecular formula is C13H15BrO2. The van der Waals surface area contributed by atoms with Crippen molar-refractivity contribution in [1.82, 2.24) is 0 Å². The van der Waals surface area contributed by atoms with Crippen LogP contribution in [0.5, 0.6) is 5.75 Å². The Morgan fingerprint density at radius 3 is 2.56 bits per heavy atom. The predicted octanol–water partition coefficient (Wildman–Crippen LogP) is 3.47. The molecule has 1 saturated carbocycles. The first kappa shape index (κ1) is 11.6. The molecule has 1 aromatic carbocycles. The summed E-state index contributed by atoms with van der Waals surface area (Å²) in [5.41, 5.74) is 0.879. The zero-order chi connectivity index (χ0) is 11.8. The van der Waals surface area contributed by atoms with Gasteiger partial charge in [-0.05, 0) is 60.3 Å². The number of halogens is 1. The summed E-state index contributed by atoms with van der Waals surface area (Å²) < 4.78 is 6.55. The van der Waals surface area contributed by atoms with Crippen LogP contribution in [0.15, 0.2) is 22.7 Å². The monoisotopic (exact) mass is 282 g/mol. The quantitative estimate of drug-likeness (QED) is 0.791. The van der Waals surface area contributed by atoms with E-state index in [1.165, 1.54) is 0 Å². The van der Waals surface area contributed by atoms with Gasteiger partial charge in [0.2, 0.25) is 0 Å². The standard InChI is InChI=1S/C13H15BrO2/c1-9(2)16-12-4-3-10(7-11(12)14)13(8-15)5-6-13/h3-4,7-9H,5-6H2,1-2H3. The molecule has 0 heterocycles. The van der Waals surface area contributed by atoms with Crippen molar-refractivity contribution in [2.75, 3.05) is 0 Å². The third-order valence-corrected chi connectivity index (χ3v) is 3.50. The van der Waals surface area contributed by atoms with Gasteiger partial charge in [0.05, 0.1) is 16.0 Å². The number of benzene rings is 1. The Labute approximate surface area is 104 Å². The van der Waals surface area contributed by atoms with Gasteiger partial charge in [0, 0.05) is 0 Å². The Bertz CT molecular complexity index is 408. The highest BCUT2D eigenvalue weighted by Crippen LogP contribution is 2.47. The van der Waals surface area contributed by atoms with Crippen LogP contribution in [0.3, 0.4) is 0 Å². The van der Waals surface area contributed by atoms with E-state index in [4.69, 9.17) is 4.74 Å². The topological polar surface area (TPSA) is 26.3 Å². The molecule has 0 atom stereocenters. The molecule has 0 aromatic heterocycles. The fourth-order valence-electron chi connectivity index (χ4n) is 1.77. The second-order valence-corrected chi connectivity index (χ2v) is 5.44. The minimum Gasteiger partial charge on any atom is -0.490 e. The van der Waals surface area contributed by atoms with Gasteiger partial charge in [0.1, 0.15) is 12.0 Å². The summed E-state index contributed by atoms with van der Waals surface area (Å²) in [5, 5.41) is 0. The first-order valence-corrected chi connectivity index (χ1v) is 6.30. The Morgan fingerprint density at radius 1 is 1.44 bits per heavy atom. The molecule has 0 radical (unpaired) electrons. The average Bonchev–Trinajstić information content (AvgIpc) is 3.01. The van der Waals surface area contributed by atoms with Crippen molar-refractivity contribution >= 4 is 22.2 Å². The van der Waals surface area contributed by atoms with Crippen molar-refractivity contribution in [2.45, 2.75) is 38.2 Å². The van der Waals surface area contributed by atoms with E-state index in [9.17, 15) is 4.79 Å². The highest BCUT2D eigenvalue weighted by atomic mass is 79.9. The van der Waals surface area contributed by atoms with Gasteiger partial charge >= 0.3 is 0 Å². The second kappa shape index (κ2) is 4.21. The van der Waals surface area contributed by atoms with E-state index in [1.54, 1.807) is 0 Å². The number of ether oxygens (including phenoxy) is 1. The van der Waals surface area contributed by atoms with E-state index >= 15 is 0 Å². The molecule has 0 spiro atoms. The molecule has 86 valence electrons. The van der Waals surface area contributed by atoms with Crippen LogP contribution in [0.4, 0.5) is 0 Å². The average molecular weight is 283 g/mol. The molecule has 1 aromatic rings. The lowest BCUT2D eigenvalue weighted by molar-refractivity contribution is -0.109. The number of rotatable bonds is 4. The molecule has 16 heavy (non-hydrogen) atoms. The normalized spacial score (nSPS) is 17.2. The van der Waals surface area contributed by atoms with Crippen molar-refractivity contribution in [3.8, 4) is 5.75 Å². The molecule has 1 fully saturated rings. The summed E-state index contributed by atoms with van der Waals surface area (Å²) in [6.45, 7) is 3.99. The van der Waals surface area contributed by atoms with Crippen molar-refractivity contribution in [1.29, 1.82) is 0 Å². The number of aldehydes is 1. The van der Waals surface area contributed by atoms with E-state index in [2.05, 4.69) is 15.9 Å². The smallest absolute Gasteiger partial charge is 0.133 e. The Hall–Kier alpha value is -0.830. The zero-order valence-corrected chi connectivity index (χ0v) is 11.1. The van der Waals surface area contributed by atoms with Crippen molar-refractivity contribution < 1.29 is 9.53 Å². The predicted molar refractivity (Wildman–Crippen MR) is 66.9 cm³/mol. The maximum absolute atomic E-state index is 11.0. The summed E-state index contributed by atoms with van der Waals surface area (Å²) in [6.07, 6.45) is 3.15. The molecular weight excluding hydrogens is 268 g/mol. The van der Waals surface area contributed by atoms with Crippen molar-refractivity contribution in [3.05, 3.63) is 28.2 Å². The molecule has 0 amide bonds. The zero-order valence-electron chi connectivity index (χ0n) is 9.50. The molecule has 0 N–H and O–H groups in total. The van der Waals surface area contributed by atoms with Crippen molar-refractivity contribution in [3.63, 3.8) is 0 Å². The highest BCUT2D eigenvalue weighted by molar-refractivity contribution is 9.10. The molecule has 3 heteroatoms. The van der Waals surface area contributed by atoms with Gasteiger partial charge < -0.3 is 9.53 Å². The lowest BCUT2D eigenvalue weighted by atomic mass is 9.98. The van der Waals surface area contributed by atoms with Crippen LogP contribution >= 0.6 is 15.9 Å². The van der Waals surface area contributed by atoms with E-state index in [0.717, 1.165) is 34.9 Å². The summed E-state index contributed by atoms with van der Waals surface area (Å²) in [6, 6.07) is 5.92. The number of carbonyl (C=O) groups excluding carboxylic acids is 1. The maximum atomic E-state index is 11.0. The van der Waals surface area contributed by atoms with E-state index < -0.39 is 0 Å². The van der Waals surface area contributed by atoms with Crippen LogP contribution in [0.1, 0.15) is 32.3 Å². The van der Waals surface area contributed by atoms with Gasteiger partial charge in [-0.3, -0.25) is 0 Å². The molecule has 2 rings (SSSR count). The van der Waals surface area contributed by atoms with Gasteiger partial charge in [0.15, 0.2) is 0 Å². The molecule has 2 nitrogen and oxygen atoms in total. The minimum atomic E-state index is -0.209. The van der Waals surface area contributed by atoms with E-state index in [0.29, 0.717) is 0 Å². The van der Waals surface area contributed by atoms with Crippen LogP contribution in [0.2, 0.25) is 0 Å². The first-order valence-electron chi connectivity index (χ1n) is 5.50. The second-order valence-electron chi connectivity index (χ2n) is 4.59. The highest BCUT2D eigenvalue weighted by Gasteiger charge is 2.44. The van der Waals surface area contributed by atoms with Gasteiger partial charge in [-0.25, -0.2) is 0 Å². The van der Waals surface area contributed by atoms with Crippen LogP contribution < -0.4 is 4.74 Å². The summed E-state index contributed by atoms with van der Waals surface area (Å²) in [5.74, 6) is 0.834. The summed E-state index contributed by atoms with van der Waals surface area (Å²) in [7, 11) is 0. The summed E-state index contributed by atoms with van der Waals surface area (Å²) in [4.78, 5) is 11.0. The number of hydrogen-bond acceptors (Lipinski definition) is 2. The number of carbonyl (C=O) groups is 1. The van der Waals surface area contributed by atoms with E-state index in [1.807, 2.05) is 32.0 Å². The molecule has 0 unspecified atom stereocenters. The molecule has 0 bridgehead atoms. The Kier molecular flexibility index (Phi) is 3.06. The Balaban J connectivity index is 2.26. The SMILES string of the molecule is CC(C)Oc1ccc(C2(C=O)CC2)cc1Br. The third kappa shape index (κ3) is 2.14. The lowest BCUT2D eigenvalue weighted by Crippen LogP contribution is -2.09. The summed E-state index contributed by atoms with van der Waals surface area (Å²) >= 11 is 3.48. The van der Waals surface area contributed by atoms with Crippen LogP contribution in [-0.4, -0.2) is 12.4 Å². The minimum absolute atomic E-state index is 0.156. The van der Waals surface area contributed by atoms with E-state index in [-0.39, 0.29) is 11.5 Å². The number of hydrogen-bond donors (Lipinski definition) is 0. The molecule has 0 aliphatic heterocycles. The van der Waals surface area contributed by atoms with Crippen LogP contribution in [0.25, 0.3) is 0 Å². The molecule has 1 aliphatic rings. The fraction of sp³-hybridized carbons (Fsp3) is 0.462. The van der Waals surface area contributed by atoms with Gasteiger partial charge in [-0.1, -0.05) is 6.07 Å². The fourth-order valence-corrected chi connectivity index (χ4v) is 2.24. The van der Waals surface area contributed by atoms with Crippen molar-refractivity contribution in [2.24, 2.45) is 0 Å². The first-order chi connectivity index (χ1) is 7.57. The molecule has 1 aliphatic carbocycles. The third-order valence-electron chi connectivity index (χ3n) is 2.88. The maximum Gasteiger partial charge on any atom is 0.133 e. The largest absolute Gasteiger partial charge is 0.490 e. The van der Waals surface area contributed by atoms with Crippen LogP contribution in [0, 0.1) is 0 Å². The van der Waals surface area contributed by atoms with Gasteiger partial charge in [-0.2, -0.15) is 0 Å². The van der Waals surface area contributed by atoms with Gasteiger partial charge in [-0.15, -0.1) is 0 Å². The van der Waals surface area contributed by atoms with Crippen LogP contribution in [-0.2, 0) is 10.2 Å².